The van der Waals surface area contributed by atoms with E-state index in [1.807, 2.05) is 54.6 Å². The van der Waals surface area contributed by atoms with Crippen LogP contribution in [0.15, 0.2) is 59.8 Å². The Morgan fingerprint density at radius 3 is 2.45 bits per heavy atom. The lowest BCUT2D eigenvalue weighted by atomic mass is 9.91. The summed E-state index contributed by atoms with van der Waals surface area (Å²) < 4.78 is 0. The molecule has 2 aromatic rings. The summed E-state index contributed by atoms with van der Waals surface area (Å²) in [6.45, 7) is 0. The Kier molecular flexibility index (Phi) is 3.52. The molecule has 1 atom stereocenters. The zero-order valence-electron chi connectivity index (χ0n) is 10.6. The van der Waals surface area contributed by atoms with Gasteiger partial charge in [-0.05, 0) is 24.1 Å². The predicted molar refractivity (Wildman–Crippen MR) is 77.7 cm³/mol. The van der Waals surface area contributed by atoms with Crippen molar-refractivity contribution < 1.29 is 9.63 Å². The molecule has 0 fully saturated rings. The number of nitrogens with zero attached hydrogens (tertiary/aromatic N) is 1. The summed E-state index contributed by atoms with van der Waals surface area (Å²) in [6.07, 6.45) is 0.559. The number of benzene rings is 2. The lowest BCUT2D eigenvalue weighted by molar-refractivity contribution is -0.143. The number of hydrogen-bond acceptors (Lipinski definition) is 3. The zero-order valence-corrected chi connectivity index (χ0v) is 11.4. The predicted octanol–water partition coefficient (Wildman–Crippen LogP) is 3.46. The summed E-state index contributed by atoms with van der Waals surface area (Å²) in [6, 6.07) is 17.1. The lowest BCUT2D eigenvalue weighted by Crippen LogP contribution is -2.21. The molecule has 1 unspecified atom stereocenters. The molecule has 20 heavy (non-hydrogen) atoms. The molecule has 2 aromatic carbocycles. The van der Waals surface area contributed by atoms with Gasteiger partial charge in [0.1, 0.15) is 11.6 Å². The van der Waals surface area contributed by atoms with Gasteiger partial charge in [-0.3, -0.25) is 0 Å². The van der Waals surface area contributed by atoms with Gasteiger partial charge in [-0.1, -0.05) is 59.2 Å². The van der Waals surface area contributed by atoms with E-state index < -0.39 is 0 Å². The number of halogens is 1. The van der Waals surface area contributed by atoms with Crippen molar-refractivity contribution in [1.82, 2.24) is 0 Å². The second-order valence-electron chi connectivity index (χ2n) is 4.64. The molecule has 0 N–H and O–H groups in total. The van der Waals surface area contributed by atoms with Gasteiger partial charge in [-0.15, -0.1) is 0 Å². The van der Waals surface area contributed by atoms with Crippen LogP contribution in [-0.2, 0) is 16.1 Å². The molecule has 3 rings (SSSR count). The fraction of sp³-hybridized carbons (Fsp3) is 0.125. The van der Waals surface area contributed by atoms with Crippen LogP contribution in [0.25, 0.3) is 0 Å². The van der Waals surface area contributed by atoms with E-state index in [9.17, 15) is 4.79 Å². The van der Waals surface area contributed by atoms with Crippen LogP contribution in [0, 0.1) is 5.92 Å². The molecule has 1 aliphatic heterocycles. The molecule has 0 aromatic heterocycles. The first kappa shape index (κ1) is 12.9. The molecule has 0 spiro atoms. The fourth-order valence-corrected chi connectivity index (χ4v) is 2.36. The SMILES string of the molecule is O=C1ON=C(c2ccccc2)C1Cc1ccc(Cl)cc1. The van der Waals surface area contributed by atoms with Crippen LogP contribution in [0.5, 0.6) is 0 Å². The Morgan fingerprint density at radius 1 is 1.05 bits per heavy atom. The van der Waals surface area contributed by atoms with Gasteiger partial charge in [-0.2, -0.15) is 0 Å². The van der Waals surface area contributed by atoms with Crippen LogP contribution < -0.4 is 0 Å². The highest BCUT2D eigenvalue weighted by atomic mass is 35.5. The molecular formula is C16H12ClNO2. The van der Waals surface area contributed by atoms with Crippen molar-refractivity contribution in [3.8, 4) is 0 Å². The Labute approximate surface area is 121 Å². The number of rotatable bonds is 3. The highest BCUT2D eigenvalue weighted by Gasteiger charge is 2.33. The van der Waals surface area contributed by atoms with Crippen molar-refractivity contribution >= 4 is 23.3 Å². The molecule has 0 saturated carbocycles. The maximum atomic E-state index is 11.9. The van der Waals surface area contributed by atoms with Gasteiger partial charge in [0.15, 0.2) is 0 Å². The Morgan fingerprint density at radius 2 is 1.75 bits per heavy atom. The standard InChI is InChI=1S/C16H12ClNO2/c17-13-8-6-11(7-9-13)10-14-15(18-20-16(14)19)12-4-2-1-3-5-12/h1-9,14H,10H2. The van der Waals surface area contributed by atoms with E-state index in [4.69, 9.17) is 16.4 Å². The van der Waals surface area contributed by atoms with E-state index in [1.54, 1.807) is 0 Å². The minimum atomic E-state index is -0.362. The third-order valence-corrected chi connectivity index (χ3v) is 3.52. The Bertz CT molecular complexity index is 650. The largest absolute Gasteiger partial charge is 0.344 e. The maximum absolute atomic E-state index is 11.9. The smallest absolute Gasteiger partial charge is 0.317 e. The highest BCUT2D eigenvalue weighted by Crippen LogP contribution is 2.23. The Hall–Kier alpha value is -2.13. The van der Waals surface area contributed by atoms with Gasteiger partial charge in [0, 0.05) is 10.6 Å². The van der Waals surface area contributed by atoms with Crippen molar-refractivity contribution in [3.63, 3.8) is 0 Å². The van der Waals surface area contributed by atoms with Gasteiger partial charge in [-0.25, -0.2) is 4.79 Å². The average molecular weight is 286 g/mol. The van der Waals surface area contributed by atoms with E-state index in [0.29, 0.717) is 17.2 Å². The van der Waals surface area contributed by atoms with Crippen LogP contribution in [0.3, 0.4) is 0 Å². The maximum Gasteiger partial charge on any atom is 0.344 e. The van der Waals surface area contributed by atoms with Crippen molar-refractivity contribution in [3.05, 3.63) is 70.7 Å². The Balaban J connectivity index is 1.85. The number of oxime groups is 1. The fourth-order valence-electron chi connectivity index (χ4n) is 2.23. The summed E-state index contributed by atoms with van der Waals surface area (Å²) in [4.78, 5) is 16.7. The van der Waals surface area contributed by atoms with Crippen molar-refractivity contribution in [2.24, 2.45) is 11.1 Å². The second kappa shape index (κ2) is 5.47. The number of hydrogen-bond donors (Lipinski definition) is 0. The summed E-state index contributed by atoms with van der Waals surface area (Å²) in [5.74, 6) is -0.669. The monoisotopic (exact) mass is 285 g/mol. The third kappa shape index (κ3) is 2.58. The molecule has 3 nitrogen and oxygen atoms in total. The highest BCUT2D eigenvalue weighted by molar-refractivity contribution is 6.30. The summed E-state index contributed by atoms with van der Waals surface area (Å²) in [5, 5.41) is 4.60. The molecule has 0 saturated heterocycles. The van der Waals surface area contributed by atoms with Crippen LogP contribution >= 0.6 is 11.6 Å². The molecule has 0 bridgehead atoms. The summed E-state index contributed by atoms with van der Waals surface area (Å²) >= 11 is 5.87. The van der Waals surface area contributed by atoms with E-state index in [0.717, 1.165) is 11.1 Å². The van der Waals surface area contributed by atoms with Crippen molar-refractivity contribution in [2.45, 2.75) is 6.42 Å². The first-order valence-corrected chi connectivity index (χ1v) is 6.70. The first-order chi connectivity index (χ1) is 9.74. The van der Waals surface area contributed by atoms with Crippen LogP contribution in [0.1, 0.15) is 11.1 Å². The van der Waals surface area contributed by atoms with Crippen LogP contribution in [0.4, 0.5) is 0 Å². The molecule has 4 heteroatoms. The lowest BCUT2D eigenvalue weighted by Gasteiger charge is -2.09. The topological polar surface area (TPSA) is 38.7 Å². The van der Waals surface area contributed by atoms with E-state index in [2.05, 4.69) is 5.16 Å². The molecule has 0 aliphatic carbocycles. The minimum absolute atomic E-state index is 0.307. The van der Waals surface area contributed by atoms with Gasteiger partial charge < -0.3 is 4.84 Å². The molecule has 0 amide bonds. The molecule has 100 valence electrons. The van der Waals surface area contributed by atoms with Gasteiger partial charge in [0.05, 0.1) is 0 Å². The summed E-state index contributed by atoms with van der Waals surface area (Å²) in [5.41, 5.74) is 2.63. The molecule has 1 aliphatic rings. The van der Waals surface area contributed by atoms with Crippen molar-refractivity contribution in [1.29, 1.82) is 0 Å². The first-order valence-electron chi connectivity index (χ1n) is 6.32. The van der Waals surface area contributed by atoms with Gasteiger partial charge >= 0.3 is 5.97 Å². The summed E-state index contributed by atoms with van der Waals surface area (Å²) in [7, 11) is 0. The quantitative estimate of drug-likeness (QED) is 0.810. The van der Waals surface area contributed by atoms with Crippen molar-refractivity contribution in [2.75, 3.05) is 0 Å². The number of carbonyl (C=O) groups is 1. The second-order valence-corrected chi connectivity index (χ2v) is 5.07. The zero-order chi connectivity index (χ0) is 13.9. The van der Waals surface area contributed by atoms with Crippen LogP contribution in [0.2, 0.25) is 5.02 Å². The van der Waals surface area contributed by atoms with Gasteiger partial charge in [0.2, 0.25) is 0 Å². The molecular weight excluding hydrogens is 274 g/mol. The van der Waals surface area contributed by atoms with E-state index in [1.165, 1.54) is 0 Å². The number of carbonyl (C=O) groups excluding carboxylic acids is 1. The third-order valence-electron chi connectivity index (χ3n) is 3.27. The average Bonchev–Trinajstić information content (AvgIpc) is 2.84. The molecule has 0 radical (unpaired) electrons. The van der Waals surface area contributed by atoms with E-state index >= 15 is 0 Å². The van der Waals surface area contributed by atoms with Gasteiger partial charge in [0.25, 0.3) is 0 Å². The van der Waals surface area contributed by atoms with E-state index in [-0.39, 0.29) is 11.9 Å². The minimum Gasteiger partial charge on any atom is -0.317 e. The van der Waals surface area contributed by atoms with Crippen LogP contribution in [-0.4, -0.2) is 11.7 Å². The molecule has 1 heterocycles. The normalized spacial score (nSPS) is 17.8.